The summed E-state index contributed by atoms with van der Waals surface area (Å²) in [5, 5.41) is 0. The van der Waals surface area contributed by atoms with Crippen LogP contribution >= 0.6 is 0 Å². The molecule has 1 aliphatic rings. The smallest absolute Gasteiger partial charge is 0.123 e. The Morgan fingerprint density at radius 3 is 2.45 bits per heavy atom. The van der Waals surface area contributed by atoms with E-state index < -0.39 is 0 Å². The molecule has 1 aliphatic heterocycles. The van der Waals surface area contributed by atoms with Gasteiger partial charge in [-0.2, -0.15) is 0 Å². The van der Waals surface area contributed by atoms with E-state index in [2.05, 4.69) is 25.7 Å². The van der Waals surface area contributed by atoms with E-state index in [1.165, 1.54) is 0 Å². The molecule has 1 aromatic rings. The number of benzene rings is 1. The zero-order chi connectivity index (χ0) is 14.9. The third-order valence-corrected chi connectivity index (χ3v) is 4.06. The molecule has 2 unspecified atom stereocenters. The molecule has 1 heterocycles. The fraction of sp³-hybridized carbons (Fsp3) is 0.625. The number of hydrogen-bond acceptors (Lipinski definition) is 4. The highest BCUT2D eigenvalue weighted by molar-refractivity contribution is 5.43. The van der Waals surface area contributed by atoms with Crippen molar-refractivity contribution in [2.75, 3.05) is 20.8 Å². The van der Waals surface area contributed by atoms with Gasteiger partial charge in [-0.15, -0.1) is 0 Å². The van der Waals surface area contributed by atoms with Gasteiger partial charge in [-0.25, -0.2) is 0 Å². The van der Waals surface area contributed by atoms with Gasteiger partial charge in [-0.05, 0) is 45.4 Å². The van der Waals surface area contributed by atoms with Gasteiger partial charge < -0.3 is 15.2 Å². The molecule has 0 bridgehead atoms. The third kappa shape index (κ3) is 2.76. The number of hydrogen-bond donors (Lipinski definition) is 1. The van der Waals surface area contributed by atoms with E-state index in [1.807, 2.05) is 18.2 Å². The predicted octanol–water partition coefficient (Wildman–Crippen LogP) is 2.58. The highest BCUT2D eigenvalue weighted by atomic mass is 16.5. The van der Waals surface area contributed by atoms with Gasteiger partial charge in [0, 0.05) is 23.7 Å². The Hall–Kier alpha value is -1.26. The number of nitrogens with zero attached hydrogens (tertiary/aromatic N) is 1. The Balaban J connectivity index is 2.46. The summed E-state index contributed by atoms with van der Waals surface area (Å²) in [6, 6.07) is 6.22. The van der Waals surface area contributed by atoms with Crippen molar-refractivity contribution in [1.82, 2.24) is 4.90 Å². The topological polar surface area (TPSA) is 47.7 Å². The molecule has 2 rings (SSSR count). The molecule has 112 valence electrons. The van der Waals surface area contributed by atoms with Crippen molar-refractivity contribution in [2.45, 2.75) is 44.8 Å². The van der Waals surface area contributed by atoms with Crippen LogP contribution in [0.1, 0.15) is 38.8 Å². The molecule has 2 N–H and O–H groups in total. The molecular formula is C16H26N2O2. The Bertz CT molecular complexity index is 468. The van der Waals surface area contributed by atoms with Crippen molar-refractivity contribution in [1.29, 1.82) is 0 Å². The molecular weight excluding hydrogens is 252 g/mol. The standard InChI is InChI=1S/C16H26N2O2/c1-16(2,3)18-9-8-13(17)15(18)12-10-11(19-4)6-7-14(12)20-5/h6-7,10,13,15H,8-9,17H2,1-5H3. The maximum absolute atomic E-state index is 6.38. The molecule has 20 heavy (non-hydrogen) atoms. The highest BCUT2D eigenvalue weighted by Gasteiger charge is 2.40. The average molecular weight is 278 g/mol. The van der Waals surface area contributed by atoms with Gasteiger partial charge in [0.1, 0.15) is 11.5 Å². The second-order valence-corrected chi connectivity index (χ2v) is 6.37. The lowest BCUT2D eigenvalue weighted by Crippen LogP contribution is -2.43. The zero-order valence-electron chi connectivity index (χ0n) is 13.1. The monoisotopic (exact) mass is 278 g/mol. The van der Waals surface area contributed by atoms with E-state index in [4.69, 9.17) is 15.2 Å². The Morgan fingerprint density at radius 1 is 1.20 bits per heavy atom. The normalized spacial score (nSPS) is 23.9. The van der Waals surface area contributed by atoms with Gasteiger partial charge in [-0.1, -0.05) is 0 Å². The minimum Gasteiger partial charge on any atom is -0.497 e. The van der Waals surface area contributed by atoms with Crippen molar-refractivity contribution in [3.05, 3.63) is 23.8 Å². The van der Waals surface area contributed by atoms with Gasteiger partial charge in [0.2, 0.25) is 0 Å². The van der Waals surface area contributed by atoms with Crippen molar-refractivity contribution < 1.29 is 9.47 Å². The zero-order valence-corrected chi connectivity index (χ0v) is 13.1. The summed E-state index contributed by atoms with van der Waals surface area (Å²) in [7, 11) is 3.38. The average Bonchev–Trinajstić information content (AvgIpc) is 2.79. The number of nitrogens with two attached hydrogens (primary N) is 1. The molecule has 1 aromatic carbocycles. The summed E-state index contributed by atoms with van der Waals surface area (Å²) in [5.74, 6) is 1.72. The summed E-state index contributed by atoms with van der Waals surface area (Å²) >= 11 is 0. The second-order valence-electron chi connectivity index (χ2n) is 6.37. The van der Waals surface area contributed by atoms with E-state index >= 15 is 0 Å². The lowest BCUT2D eigenvalue weighted by Gasteiger charge is -2.38. The van der Waals surface area contributed by atoms with E-state index in [0.717, 1.165) is 30.0 Å². The lowest BCUT2D eigenvalue weighted by molar-refractivity contribution is 0.115. The molecule has 0 aromatic heterocycles. The molecule has 1 saturated heterocycles. The van der Waals surface area contributed by atoms with Crippen molar-refractivity contribution in [3.8, 4) is 11.5 Å². The summed E-state index contributed by atoms with van der Waals surface area (Å²) in [6.07, 6.45) is 1.00. The van der Waals surface area contributed by atoms with E-state index in [-0.39, 0.29) is 17.6 Å². The van der Waals surface area contributed by atoms with Crippen molar-refractivity contribution in [2.24, 2.45) is 5.73 Å². The van der Waals surface area contributed by atoms with Crippen LogP contribution in [0, 0.1) is 0 Å². The van der Waals surface area contributed by atoms with Crippen LogP contribution in [0.2, 0.25) is 0 Å². The van der Waals surface area contributed by atoms with Crippen LogP contribution in [0.25, 0.3) is 0 Å². The third-order valence-electron chi connectivity index (χ3n) is 4.06. The first-order valence-electron chi connectivity index (χ1n) is 7.12. The fourth-order valence-corrected chi connectivity index (χ4v) is 3.04. The van der Waals surface area contributed by atoms with Gasteiger partial charge >= 0.3 is 0 Å². The van der Waals surface area contributed by atoms with Gasteiger partial charge in [-0.3, -0.25) is 4.90 Å². The first-order chi connectivity index (χ1) is 9.38. The number of methoxy groups -OCH3 is 2. The molecule has 0 spiro atoms. The molecule has 0 radical (unpaired) electrons. The van der Waals surface area contributed by atoms with Gasteiger partial charge in [0.25, 0.3) is 0 Å². The minimum atomic E-state index is 0.0763. The predicted molar refractivity (Wildman–Crippen MR) is 81.3 cm³/mol. The molecule has 0 amide bonds. The van der Waals surface area contributed by atoms with Crippen molar-refractivity contribution in [3.63, 3.8) is 0 Å². The maximum Gasteiger partial charge on any atom is 0.123 e. The Kier molecular flexibility index (Phi) is 4.25. The van der Waals surface area contributed by atoms with Crippen molar-refractivity contribution >= 4 is 0 Å². The largest absolute Gasteiger partial charge is 0.497 e. The Labute approximate surface area is 121 Å². The molecule has 0 aliphatic carbocycles. The van der Waals surface area contributed by atoms with Crippen LogP contribution in [0.4, 0.5) is 0 Å². The quantitative estimate of drug-likeness (QED) is 0.923. The molecule has 0 saturated carbocycles. The van der Waals surface area contributed by atoms with Crippen LogP contribution in [-0.4, -0.2) is 37.2 Å². The van der Waals surface area contributed by atoms with Gasteiger partial charge in [0.15, 0.2) is 0 Å². The Morgan fingerprint density at radius 2 is 1.90 bits per heavy atom. The van der Waals surface area contributed by atoms with Crippen LogP contribution in [0.3, 0.4) is 0 Å². The van der Waals surface area contributed by atoms with Crippen LogP contribution in [-0.2, 0) is 0 Å². The summed E-state index contributed by atoms with van der Waals surface area (Å²) in [5.41, 5.74) is 7.57. The molecule has 4 nitrogen and oxygen atoms in total. The second kappa shape index (κ2) is 5.62. The van der Waals surface area contributed by atoms with E-state index in [0.29, 0.717) is 0 Å². The number of rotatable bonds is 3. The van der Waals surface area contributed by atoms with Gasteiger partial charge in [0.05, 0.1) is 20.3 Å². The fourth-order valence-electron chi connectivity index (χ4n) is 3.04. The SMILES string of the molecule is COc1ccc(OC)c(C2C(N)CCN2C(C)(C)C)c1. The minimum absolute atomic E-state index is 0.0763. The summed E-state index contributed by atoms with van der Waals surface area (Å²) in [6.45, 7) is 7.69. The number of ether oxygens (including phenoxy) is 2. The first-order valence-corrected chi connectivity index (χ1v) is 7.12. The lowest BCUT2D eigenvalue weighted by atomic mass is 9.96. The highest BCUT2D eigenvalue weighted by Crippen LogP contribution is 2.41. The maximum atomic E-state index is 6.38. The molecule has 4 heteroatoms. The summed E-state index contributed by atoms with van der Waals surface area (Å²) in [4.78, 5) is 2.45. The first kappa shape index (κ1) is 15.1. The number of likely N-dealkylation sites (tertiary alicyclic amines) is 1. The molecule has 2 atom stereocenters. The van der Waals surface area contributed by atoms with Crippen LogP contribution in [0.15, 0.2) is 18.2 Å². The van der Waals surface area contributed by atoms with Crippen LogP contribution in [0.5, 0.6) is 11.5 Å². The van der Waals surface area contributed by atoms with E-state index in [9.17, 15) is 0 Å². The van der Waals surface area contributed by atoms with E-state index in [1.54, 1.807) is 14.2 Å². The molecule has 1 fully saturated rings. The van der Waals surface area contributed by atoms with Crippen LogP contribution < -0.4 is 15.2 Å². The summed E-state index contributed by atoms with van der Waals surface area (Å²) < 4.78 is 10.9.